The van der Waals surface area contributed by atoms with Gasteiger partial charge in [0.15, 0.2) is 5.96 Å². The number of benzene rings is 1. The Hall–Kier alpha value is -2.01. The molecule has 5 nitrogen and oxygen atoms in total. The van der Waals surface area contributed by atoms with E-state index in [-0.39, 0.29) is 12.5 Å². The number of amides is 1. The molecular formula is C17H25ClN4O. The second-order valence-corrected chi connectivity index (χ2v) is 6.01. The van der Waals surface area contributed by atoms with Crippen LogP contribution in [0.3, 0.4) is 0 Å². The molecule has 0 bridgehead atoms. The van der Waals surface area contributed by atoms with Crippen molar-refractivity contribution in [2.45, 2.75) is 13.3 Å². The molecule has 0 heterocycles. The van der Waals surface area contributed by atoms with Crippen molar-refractivity contribution in [2.75, 3.05) is 33.7 Å². The Balaban J connectivity index is 2.56. The third-order valence-electron chi connectivity index (χ3n) is 3.02. The summed E-state index contributed by atoms with van der Waals surface area (Å²) in [6.45, 7) is 7.20. The van der Waals surface area contributed by atoms with E-state index in [1.807, 2.05) is 31.2 Å². The molecule has 0 atom stereocenters. The van der Waals surface area contributed by atoms with Gasteiger partial charge < -0.3 is 15.5 Å². The Morgan fingerprint density at radius 2 is 2.09 bits per heavy atom. The molecule has 6 heteroatoms. The smallest absolute Gasteiger partial charge is 0.243 e. The third-order valence-corrected chi connectivity index (χ3v) is 3.26. The fourth-order valence-corrected chi connectivity index (χ4v) is 1.93. The standard InChI is InChI=1S/C17H25ClN4O/c1-13(2)11-20-17(21-12-16(23)22(3)4)19-9-8-14-6-5-7-15(18)10-14/h5-7,10H,1,8-9,11-12H2,2-4H3,(H2,19,20,21). The first-order chi connectivity index (χ1) is 10.9. The average molecular weight is 337 g/mol. The Morgan fingerprint density at radius 1 is 1.35 bits per heavy atom. The minimum absolute atomic E-state index is 0.0451. The highest BCUT2D eigenvalue weighted by molar-refractivity contribution is 6.30. The van der Waals surface area contributed by atoms with Gasteiger partial charge in [0.05, 0.1) is 0 Å². The number of likely N-dealkylation sites (N-methyl/N-ethyl adjacent to an activating group) is 1. The van der Waals surface area contributed by atoms with Crippen molar-refractivity contribution in [1.29, 1.82) is 0 Å². The van der Waals surface area contributed by atoms with Crippen LogP contribution in [0.25, 0.3) is 0 Å². The van der Waals surface area contributed by atoms with Crippen molar-refractivity contribution in [3.8, 4) is 0 Å². The second-order valence-electron chi connectivity index (χ2n) is 5.57. The molecule has 0 saturated carbocycles. The number of nitrogens with one attached hydrogen (secondary N) is 2. The van der Waals surface area contributed by atoms with Crippen LogP contribution in [-0.4, -0.2) is 50.5 Å². The summed E-state index contributed by atoms with van der Waals surface area (Å²) < 4.78 is 0. The molecule has 0 aliphatic heterocycles. The molecule has 1 rings (SSSR count). The van der Waals surface area contributed by atoms with Crippen LogP contribution >= 0.6 is 11.6 Å². The largest absolute Gasteiger partial charge is 0.356 e. The van der Waals surface area contributed by atoms with Crippen molar-refractivity contribution < 1.29 is 4.79 Å². The lowest BCUT2D eigenvalue weighted by Crippen LogP contribution is -2.40. The summed E-state index contributed by atoms with van der Waals surface area (Å²) in [6, 6.07) is 7.76. The van der Waals surface area contributed by atoms with Gasteiger partial charge in [0.2, 0.25) is 5.91 Å². The first-order valence-corrected chi connectivity index (χ1v) is 7.87. The van der Waals surface area contributed by atoms with Gasteiger partial charge in [-0.3, -0.25) is 4.79 Å². The van der Waals surface area contributed by atoms with E-state index in [1.54, 1.807) is 14.1 Å². The third kappa shape index (κ3) is 8.26. The van der Waals surface area contributed by atoms with E-state index in [0.717, 1.165) is 22.6 Å². The number of guanidine groups is 1. The summed E-state index contributed by atoms with van der Waals surface area (Å²) in [7, 11) is 3.43. The van der Waals surface area contributed by atoms with Gasteiger partial charge in [-0.1, -0.05) is 35.9 Å². The van der Waals surface area contributed by atoms with Gasteiger partial charge in [0.1, 0.15) is 6.54 Å². The van der Waals surface area contributed by atoms with E-state index in [4.69, 9.17) is 11.6 Å². The molecule has 1 aromatic carbocycles. The normalized spacial score (nSPS) is 11.0. The van der Waals surface area contributed by atoms with E-state index in [0.29, 0.717) is 19.0 Å². The van der Waals surface area contributed by atoms with E-state index in [1.165, 1.54) is 4.90 Å². The molecule has 126 valence electrons. The minimum atomic E-state index is -0.0451. The van der Waals surface area contributed by atoms with Crippen LogP contribution < -0.4 is 10.6 Å². The highest BCUT2D eigenvalue weighted by atomic mass is 35.5. The van der Waals surface area contributed by atoms with Crippen LogP contribution in [0.5, 0.6) is 0 Å². The lowest BCUT2D eigenvalue weighted by molar-refractivity contribution is -0.127. The maximum atomic E-state index is 11.6. The van der Waals surface area contributed by atoms with Gasteiger partial charge in [-0.05, 0) is 31.0 Å². The van der Waals surface area contributed by atoms with Gasteiger partial charge in [0.25, 0.3) is 0 Å². The quantitative estimate of drug-likeness (QED) is 0.455. The summed E-state index contributed by atoms with van der Waals surface area (Å²) >= 11 is 5.98. The fraction of sp³-hybridized carbons (Fsp3) is 0.412. The molecular weight excluding hydrogens is 312 g/mol. The fourth-order valence-electron chi connectivity index (χ4n) is 1.71. The Labute approximate surface area is 143 Å². The number of carbonyl (C=O) groups is 1. The SMILES string of the molecule is C=C(C)CNC(=NCC(=O)N(C)C)NCCc1cccc(Cl)c1. The van der Waals surface area contributed by atoms with Gasteiger partial charge in [-0.25, -0.2) is 4.99 Å². The van der Waals surface area contributed by atoms with Crippen LogP contribution in [0.2, 0.25) is 5.02 Å². The van der Waals surface area contributed by atoms with E-state index >= 15 is 0 Å². The van der Waals surface area contributed by atoms with Gasteiger partial charge in [-0.15, -0.1) is 0 Å². The van der Waals surface area contributed by atoms with Gasteiger partial charge >= 0.3 is 0 Å². The number of halogens is 1. The Bertz CT molecular complexity index is 569. The molecule has 0 aliphatic carbocycles. The molecule has 0 aromatic heterocycles. The summed E-state index contributed by atoms with van der Waals surface area (Å²) in [5.74, 6) is 0.557. The van der Waals surface area contributed by atoms with Crippen LogP contribution in [0.1, 0.15) is 12.5 Å². The lowest BCUT2D eigenvalue weighted by Gasteiger charge is -2.14. The Kier molecular flexibility index (Phi) is 8.19. The molecule has 2 N–H and O–H groups in total. The highest BCUT2D eigenvalue weighted by Crippen LogP contribution is 2.10. The van der Waals surface area contributed by atoms with Crippen LogP contribution in [-0.2, 0) is 11.2 Å². The number of hydrogen-bond donors (Lipinski definition) is 2. The number of aliphatic imine (C=N–C) groups is 1. The summed E-state index contributed by atoms with van der Waals surface area (Å²) in [4.78, 5) is 17.5. The highest BCUT2D eigenvalue weighted by Gasteiger charge is 2.04. The van der Waals surface area contributed by atoms with Crippen molar-refractivity contribution in [2.24, 2.45) is 4.99 Å². The number of carbonyl (C=O) groups excluding carboxylic acids is 1. The van der Waals surface area contributed by atoms with E-state index in [9.17, 15) is 4.79 Å². The maximum Gasteiger partial charge on any atom is 0.243 e. The van der Waals surface area contributed by atoms with Crippen molar-refractivity contribution >= 4 is 23.5 Å². The zero-order valence-corrected chi connectivity index (χ0v) is 14.8. The van der Waals surface area contributed by atoms with Crippen LogP contribution in [0.15, 0.2) is 41.4 Å². The molecule has 1 aromatic rings. The first-order valence-electron chi connectivity index (χ1n) is 7.49. The van der Waals surface area contributed by atoms with E-state index in [2.05, 4.69) is 22.2 Å². The summed E-state index contributed by atoms with van der Waals surface area (Å²) in [5.41, 5.74) is 2.14. The average Bonchev–Trinajstić information content (AvgIpc) is 2.48. The number of rotatable bonds is 7. The predicted octanol–water partition coefficient (Wildman–Crippen LogP) is 2.08. The van der Waals surface area contributed by atoms with Crippen LogP contribution in [0.4, 0.5) is 0 Å². The molecule has 0 radical (unpaired) electrons. The minimum Gasteiger partial charge on any atom is -0.356 e. The molecule has 0 saturated heterocycles. The van der Waals surface area contributed by atoms with Gasteiger partial charge in [-0.2, -0.15) is 0 Å². The number of nitrogens with zero attached hydrogens (tertiary/aromatic N) is 2. The maximum absolute atomic E-state index is 11.6. The summed E-state index contributed by atoms with van der Waals surface area (Å²) in [5, 5.41) is 7.10. The van der Waals surface area contributed by atoms with E-state index < -0.39 is 0 Å². The molecule has 0 aliphatic rings. The Morgan fingerprint density at radius 3 is 2.70 bits per heavy atom. The molecule has 0 spiro atoms. The molecule has 0 fully saturated rings. The van der Waals surface area contributed by atoms with Crippen molar-refractivity contribution in [3.63, 3.8) is 0 Å². The molecule has 1 amide bonds. The zero-order valence-electron chi connectivity index (χ0n) is 14.0. The molecule has 23 heavy (non-hydrogen) atoms. The topological polar surface area (TPSA) is 56.7 Å². The van der Waals surface area contributed by atoms with Gasteiger partial charge in [0, 0.05) is 32.2 Å². The zero-order chi connectivity index (χ0) is 17.2. The predicted molar refractivity (Wildman–Crippen MR) is 97.0 cm³/mol. The number of hydrogen-bond acceptors (Lipinski definition) is 2. The lowest BCUT2D eigenvalue weighted by atomic mass is 10.1. The second kappa shape index (κ2) is 9.90. The molecule has 0 unspecified atom stereocenters. The monoisotopic (exact) mass is 336 g/mol. The van der Waals surface area contributed by atoms with Crippen molar-refractivity contribution in [3.05, 3.63) is 47.0 Å². The summed E-state index contributed by atoms with van der Waals surface area (Å²) in [6.07, 6.45) is 0.815. The van der Waals surface area contributed by atoms with Crippen LogP contribution in [0, 0.1) is 0 Å². The first kappa shape index (κ1) is 19.0. The van der Waals surface area contributed by atoms with Crippen molar-refractivity contribution in [1.82, 2.24) is 15.5 Å².